The van der Waals surface area contributed by atoms with Gasteiger partial charge in [0, 0.05) is 17.1 Å². The Morgan fingerprint density at radius 2 is 2.07 bits per heavy atom. The van der Waals surface area contributed by atoms with Crippen molar-refractivity contribution in [2.75, 3.05) is 6.54 Å². The molecule has 0 heterocycles. The topological polar surface area (TPSA) is 32.3 Å². The Morgan fingerprint density at radius 3 is 2.60 bits per heavy atom. The van der Waals surface area contributed by atoms with Crippen LogP contribution in [0.4, 0.5) is 0 Å². The lowest BCUT2D eigenvalue weighted by Gasteiger charge is -2.15. The average molecular weight is 272 g/mol. The third kappa shape index (κ3) is 3.93. The summed E-state index contributed by atoms with van der Waals surface area (Å²) in [5.41, 5.74) is 2.13. The summed E-state index contributed by atoms with van der Waals surface area (Å²) in [5, 5.41) is 13.1. The highest BCUT2D eigenvalue weighted by atomic mass is 79.9. The number of hydrogen-bond acceptors (Lipinski definition) is 2. The molecule has 0 fully saturated rings. The van der Waals surface area contributed by atoms with Crippen molar-refractivity contribution in [3.8, 4) is 0 Å². The van der Waals surface area contributed by atoms with Crippen LogP contribution < -0.4 is 5.32 Å². The molecule has 3 heteroatoms. The Balaban J connectivity index is 2.65. The molecule has 2 nitrogen and oxygen atoms in total. The van der Waals surface area contributed by atoms with Crippen molar-refractivity contribution in [1.82, 2.24) is 5.32 Å². The van der Waals surface area contributed by atoms with Crippen LogP contribution in [-0.2, 0) is 0 Å². The summed E-state index contributed by atoms with van der Waals surface area (Å²) in [6.45, 7) is 6.76. The van der Waals surface area contributed by atoms with Gasteiger partial charge in [-0.2, -0.15) is 0 Å². The molecule has 0 amide bonds. The van der Waals surface area contributed by atoms with Crippen molar-refractivity contribution in [2.24, 2.45) is 0 Å². The lowest BCUT2D eigenvalue weighted by atomic mass is 10.1. The summed E-state index contributed by atoms with van der Waals surface area (Å²) in [6, 6.07) is 6.35. The van der Waals surface area contributed by atoms with Gasteiger partial charge in [-0.25, -0.2) is 0 Å². The first-order valence-corrected chi connectivity index (χ1v) is 5.97. The fraction of sp³-hybridized carbons (Fsp3) is 0.500. The van der Waals surface area contributed by atoms with Crippen LogP contribution in [0.25, 0.3) is 0 Å². The Labute approximate surface area is 99.8 Å². The molecule has 0 aromatic heterocycles. The fourth-order valence-corrected chi connectivity index (χ4v) is 1.68. The number of hydrogen-bond donors (Lipinski definition) is 2. The van der Waals surface area contributed by atoms with Crippen LogP contribution >= 0.6 is 15.9 Å². The number of benzene rings is 1. The molecule has 0 radical (unpaired) electrons. The van der Waals surface area contributed by atoms with Crippen LogP contribution in [-0.4, -0.2) is 17.7 Å². The summed E-state index contributed by atoms with van der Waals surface area (Å²) < 4.78 is 1.04. The Kier molecular flexibility index (Phi) is 4.77. The number of rotatable bonds is 4. The van der Waals surface area contributed by atoms with Gasteiger partial charge in [0.05, 0.1) is 6.10 Å². The van der Waals surface area contributed by atoms with Crippen molar-refractivity contribution >= 4 is 15.9 Å². The van der Waals surface area contributed by atoms with Crippen LogP contribution in [0.5, 0.6) is 0 Å². The SMILES string of the molecule is Cc1ccc(C(O)CNC(C)C)cc1Br. The molecule has 1 aromatic rings. The summed E-state index contributed by atoms with van der Waals surface area (Å²) in [4.78, 5) is 0. The zero-order valence-corrected chi connectivity index (χ0v) is 11.0. The van der Waals surface area contributed by atoms with Gasteiger partial charge >= 0.3 is 0 Å². The van der Waals surface area contributed by atoms with Crippen LogP contribution in [0.2, 0.25) is 0 Å². The van der Waals surface area contributed by atoms with E-state index in [9.17, 15) is 5.11 Å². The van der Waals surface area contributed by atoms with Gasteiger partial charge in [-0.1, -0.05) is 41.9 Å². The van der Waals surface area contributed by atoms with E-state index in [2.05, 4.69) is 35.1 Å². The molecule has 0 aliphatic rings. The molecular formula is C12H18BrNO. The minimum absolute atomic E-state index is 0.397. The molecule has 0 spiro atoms. The minimum Gasteiger partial charge on any atom is -0.387 e. The zero-order valence-electron chi connectivity index (χ0n) is 9.42. The number of aliphatic hydroxyl groups excluding tert-OH is 1. The molecule has 0 saturated heterocycles. The largest absolute Gasteiger partial charge is 0.387 e. The molecule has 0 saturated carbocycles. The number of aryl methyl sites for hydroxylation is 1. The fourth-order valence-electron chi connectivity index (χ4n) is 1.28. The van der Waals surface area contributed by atoms with Gasteiger partial charge in [0.1, 0.15) is 0 Å². The van der Waals surface area contributed by atoms with Crippen LogP contribution in [0.1, 0.15) is 31.1 Å². The first-order valence-electron chi connectivity index (χ1n) is 5.18. The molecule has 1 atom stereocenters. The molecule has 15 heavy (non-hydrogen) atoms. The molecule has 84 valence electrons. The highest BCUT2D eigenvalue weighted by molar-refractivity contribution is 9.10. The second-order valence-corrected chi connectivity index (χ2v) is 4.94. The standard InChI is InChI=1S/C12H18BrNO/c1-8(2)14-7-12(15)10-5-4-9(3)11(13)6-10/h4-6,8,12,14-15H,7H2,1-3H3. The van der Waals surface area contributed by atoms with Crippen molar-refractivity contribution in [3.63, 3.8) is 0 Å². The van der Waals surface area contributed by atoms with E-state index in [4.69, 9.17) is 0 Å². The van der Waals surface area contributed by atoms with Crippen molar-refractivity contribution in [2.45, 2.75) is 32.9 Å². The van der Waals surface area contributed by atoms with Crippen molar-refractivity contribution in [3.05, 3.63) is 33.8 Å². The van der Waals surface area contributed by atoms with E-state index >= 15 is 0 Å². The molecule has 0 aliphatic carbocycles. The van der Waals surface area contributed by atoms with E-state index in [0.717, 1.165) is 10.0 Å². The first kappa shape index (κ1) is 12.7. The normalized spacial score (nSPS) is 13.2. The quantitative estimate of drug-likeness (QED) is 0.883. The molecule has 1 rings (SSSR count). The molecule has 0 aliphatic heterocycles. The lowest BCUT2D eigenvalue weighted by molar-refractivity contribution is 0.171. The lowest BCUT2D eigenvalue weighted by Crippen LogP contribution is -2.27. The third-order valence-electron chi connectivity index (χ3n) is 2.30. The molecule has 1 aromatic carbocycles. The van der Waals surface area contributed by atoms with Gasteiger partial charge in [-0.3, -0.25) is 0 Å². The summed E-state index contributed by atoms with van der Waals surface area (Å²) in [6.07, 6.45) is -0.440. The number of aliphatic hydroxyl groups is 1. The van der Waals surface area contributed by atoms with Gasteiger partial charge in [0.15, 0.2) is 0 Å². The first-order chi connectivity index (χ1) is 7.00. The zero-order chi connectivity index (χ0) is 11.4. The van der Waals surface area contributed by atoms with Gasteiger partial charge in [0.25, 0.3) is 0 Å². The Bertz CT molecular complexity index is 325. The highest BCUT2D eigenvalue weighted by Gasteiger charge is 2.08. The Hall–Kier alpha value is -0.380. The highest BCUT2D eigenvalue weighted by Crippen LogP contribution is 2.21. The van der Waals surface area contributed by atoms with E-state index in [1.807, 2.05) is 25.1 Å². The van der Waals surface area contributed by atoms with Crippen LogP contribution in [0, 0.1) is 6.92 Å². The molecular weight excluding hydrogens is 254 g/mol. The molecule has 0 bridgehead atoms. The van der Waals surface area contributed by atoms with Crippen LogP contribution in [0.3, 0.4) is 0 Å². The second kappa shape index (κ2) is 5.64. The van der Waals surface area contributed by atoms with E-state index in [0.29, 0.717) is 12.6 Å². The Morgan fingerprint density at radius 1 is 1.40 bits per heavy atom. The molecule has 2 N–H and O–H groups in total. The van der Waals surface area contributed by atoms with E-state index in [1.165, 1.54) is 5.56 Å². The second-order valence-electron chi connectivity index (χ2n) is 4.09. The van der Waals surface area contributed by atoms with Gasteiger partial charge < -0.3 is 10.4 Å². The predicted molar refractivity (Wildman–Crippen MR) is 67.0 cm³/mol. The van der Waals surface area contributed by atoms with Gasteiger partial charge in [-0.05, 0) is 24.1 Å². The number of halogens is 1. The van der Waals surface area contributed by atoms with Gasteiger partial charge in [0.2, 0.25) is 0 Å². The molecule has 1 unspecified atom stereocenters. The maximum absolute atomic E-state index is 9.90. The summed E-state index contributed by atoms with van der Waals surface area (Å²) in [5.74, 6) is 0. The van der Waals surface area contributed by atoms with E-state index < -0.39 is 6.10 Å². The van der Waals surface area contributed by atoms with E-state index in [1.54, 1.807) is 0 Å². The minimum atomic E-state index is -0.440. The predicted octanol–water partition coefficient (Wildman–Crippen LogP) is 2.79. The van der Waals surface area contributed by atoms with Crippen LogP contribution in [0.15, 0.2) is 22.7 Å². The maximum Gasteiger partial charge on any atom is 0.0914 e. The maximum atomic E-state index is 9.90. The van der Waals surface area contributed by atoms with E-state index in [-0.39, 0.29) is 0 Å². The average Bonchev–Trinajstić information content (AvgIpc) is 2.18. The van der Waals surface area contributed by atoms with Crippen molar-refractivity contribution < 1.29 is 5.11 Å². The third-order valence-corrected chi connectivity index (χ3v) is 3.15. The van der Waals surface area contributed by atoms with Gasteiger partial charge in [-0.15, -0.1) is 0 Å². The number of nitrogens with one attached hydrogen (secondary N) is 1. The summed E-state index contributed by atoms with van der Waals surface area (Å²) >= 11 is 3.46. The summed E-state index contributed by atoms with van der Waals surface area (Å²) in [7, 11) is 0. The monoisotopic (exact) mass is 271 g/mol. The smallest absolute Gasteiger partial charge is 0.0914 e. The van der Waals surface area contributed by atoms with Crippen molar-refractivity contribution in [1.29, 1.82) is 0 Å².